The molecule has 1 atom stereocenters. The van der Waals surface area contributed by atoms with E-state index in [1.165, 1.54) is 6.20 Å². The Bertz CT molecular complexity index is 1490. The third-order valence-electron chi connectivity index (χ3n) is 5.77. The van der Waals surface area contributed by atoms with Gasteiger partial charge in [0.2, 0.25) is 0 Å². The van der Waals surface area contributed by atoms with Crippen molar-refractivity contribution in [2.45, 2.75) is 19.3 Å². The number of aromatic nitrogens is 2. The second-order valence-electron chi connectivity index (χ2n) is 8.23. The maximum atomic E-state index is 12.7. The van der Waals surface area contributed by atoms with Gasteiger partial charge in [-0.25, -0.2) is 4.98 Å². The number of nitrogens with zero attached hydrogens (tertiary/aromatic N) is 2. The third-order valence-corrected chi connectivity index (χ3v) is 6.30. The Morgan fingerprint density at radius 2 is 1.89 bits per heavy atom. The van der Waals surface area contributed by atoms with Gasteiger partial charge in [0.1, 0.15) is 17.2 Å². The van der Waals surface area contributed by atoms with Crippen LogP contribution >= 0.6 is 23.2 Å². The molecule has 5 rings (SSSR count). The number of benzene rings is 3. The number of hydrogen-bond donors (Lipinski definition) is 1. The van der Waals surface area contributed by atoms with Crippen LogP contribution in [0.4, 0.5) is 5.82 Å². The van der Waals surface area contributed by atoms with Crippen LogP contribution in [0.1, 0.15) is 35.2 Å². The highest BCUT2D eigenvalue weighted by molar-refractivity contribution is 6.32. The molecule has 1 amide bonds. The standard InChI is InChI=1S/C27H21Cl2N3O5/c1-2-35-27(34)18-9-10-36-23-13-24(20(29)12-19(18)23)37-17-6-3-15(4-7-17)26(33)32-25-14-30-22-11-16(28)5-8-21(22)31-25/h3-8,11-14,18H,2,9-10H2,1H3,(H,31,32,33). The molecule has 0 fully saturated rings. The number of esters is 1. The summed E-state index contributed by atoms with van der Waals surface area (Å²) in [6, 6.07) is 15.0. The summed E-state index contributed by atoms with van der Waals surface area (Å²) in [4.78, 5) is 33.7. The molecule has 188 valence electrons. The van der Waals surface area contributed by atoms with Gasteiger partial charge in [0, 0.05) is 22.2 Å². The van der Waals surface area contributed by atoms with Gasteiger partial charge in [0.15, 0.2) is 5.82 Å². The van der Waals surface area contributed by atoms with Crippen LogP contribution in [-0.4, -0.2) is 35.1 Å². The van der Waals surface area contributed by atoms with Crippen molar-refractivity contribution < 1.29 is 23.8 Å². The minimum absolute atomic E-state index is 0.301. The van der Waals surface area contributed by atoms with Crippen molar-refractivity contribution in [3.63, 3.8) is 0 Å². The molecule has 8 nitrogen and oxygen atoms in total. The van der Waals surface area contributed by atoms with Crippen LogP contribution in [0.3, 0.4) is 0 Å². The summed E-state index contributed by atoms with van der Waals surface area (Å²) in [5.74, 6) is 0.606. The van der Waals surface area contributed by atoms with E-state index in [9.17, 15) is 9.59 Å². The number of rotatable bonds is 6. The number of anilines is 1. The Balaban J connectivity index is 1.28. The van der Waals surface area contributed by atoms with Crippen LogP contribution in [0.2, 0.25) is 10.0 Å². The minimum atomic E-state index is -0.432. The molecular weight excluding hydrogens is 517 g/mol. The summed E-state index contributed by atoms with van der Waals surface area (Å²) in [5.41, 5.74) is 2.33. The van der Waals surface area contributed by atoms with Gasteiger partial charge in [-0.05, 0) is 61.9 Å². The molecule has 2 heterocycles. The smallest absolute Gasteiger partial charge is 0.313 e. The second kappa shape index (κ2) is 10.6. The van der Waals surface area contributed by atoms with Crippen LogP contribution in [0.5, 0.6) is 17.2 Å². The second-order valence-corrected chi connectivity index (χ2v) is 9.07. The molecule has 1 aliphatic rings. The number of halogens is 2. The first-order valence-electron chi connectivity index (χ1n) is 11.6. The van der Waals surface area contributed by atoms with E-state index in [0.29, 0.717) is 74.9 Å². The highest BCUT2D eigenvalue weighted by Gasteiger charge is 2.30. The fraction of sp³-hybridized carbons (Fsp3) is 0.185. The number of ether oxygens (including phenoxy) is 3. The average molecular weight is 538 g/mol. The van der Waals surface area contributed by atoms with Crippen LogP contribution in [0.15, 0.2) is 60.8 Å². The molecule has 1 aliphatic heterocycles. The Hall–Kier alpha value is -3.88. The summed E-state index contributed by atoms with van der Waals surface area (Å²) in [7, 11) is 0. The molecule has 10 heteroatoms. The molecule has 0 radical (unpaired) electrons. The van der Waals surface area contributed by atoms with E-state index < -0.39 is 5.92 Å². The van der Waals surface area contributed by atoms with Gasteiger partial charge in [-0.1, -0.05) is 23.2 Å². The molecule has 1 aromatic heterocycles. The van der Waals surface area contributed by atoms with Crippen molar-refractivity contribution in [3.8, 4) is 17.2 Å². The number of fused-ring (bicyclic) bond motifs is 2. The van der Waals surface area contributed by atoms with E-state index in [1.54, 1.807) is 61.5 Å². The lowest BCUT2D eigenvalue weighted by molar-refractivity contribution is -0.145. The predicted molar refractivity (Wildman–Crippen MR) is 140 cm³/mol. The minimum Gasteiger partial charge on any atom is -0.493 e. The molecule has 3 aromatic carbocycles. The quantitative estimate of drug-likeness (QED) is 0.283. The number of nitrogens with one attached hydrogen (secondary N) is 1. The van der Waals surface area contributed by atoms with E-state index in [-0.39, 0.29) is 11.9 Å². The Morgan fingerprint density at radius 3 is 2.68 bits per heavy atom. The Labute approximate surface area is 222 Å². The zero-order valence-electron chi connectivity index (χ0n) is 19.7. The molecular formula is C27H21Cl2N3O5. The summed E-state index contributed by atoms with van der Waals surface area (Å²) in [6.07, 6.45) is 1.99. The first kappa shape index (κ1) is 24.8. The maximum absolute atomic E-state index is 12.7. The summed E-state index contributed by atoms with van der Waals surface area (Å²) in [6.45, 7) is 2.46. The van der Waals surface area contributed by atoms with Gasteiger partial charge in [0.05, 0.1) is 41.4 Å². The number of amides is 1. The van der Waals surface area contributed by atoms with Crippen molar-refractivity contribution >= 4 is 51.9 Å². The van der Waals surface area contributed by atoms with Crippen LogP contribution in [-0.2, 0) is 9.53 Å². The van der Waals surface area contributed by atoms with E-state index in [0.717, 1.165) is 0 Å². The van der Waals surface area contributed by atoms with E-state index in [4.69, 9.17) is 37.4 Å². The summed E-state index contributed by atoms with van der Waals surface area (Å²) in [5, 5.41) is 3.63. The largest absolute Gasteiger partial charge is 0.493 e. The number of carbonyl (C=O) groups excluding carboxylic acids is 2. The fourth-order valence-corrected chi connectivity index (χ4v) is 4.37. The lowest BCUT2D eigenvalue weighted by Crippen LogP contribution is -2.23. The molecule has 0 spiro atoms. The van der Waals surface area contributed by atoms with Crippen molar-refractivity contribution in [2.75, 3.05) is 18.5 Å². The molecule has 4 aromatic rings. The molecule has 1 unspecified atom stereocenters. The average Bonchev–Trinajstić information content (AvgIpc) is 2.89. The Kier molecular flexibility index (Phi) is 7.12. The lowest BCUT2D eigenvalue weighted by Gasteiger charge is -2.25. The van der Waals surface area contributed by atoms with Gasteiger partial charge in [-0.2, -0.15) is 0 Å². The van der Waals surface area contributed by atoms with E-state index in [1.807, 2.05) is 0 Å². The molecule has 0 saturated heterocycles. The fourth-order valence-electron chi connectivity index (χ4n) is 3.99. The number of hydrogen-bond acceptors (Lipinski definition) is 7. The zero-order chi connectivity index (χ0) is 25.9. The highest BCUT2D eigenvalue weighted by atomic mass is 35.5. The molecule has 0 bridgehead atoms. The summed E-state index contributed by atoms with van der Waals surface area (Å²) < 4.78 is 16.9. The maximum Gasteiger partial charge on any atom is 0.313 e. The third kappa shape index (κ3) is 5.45. The van der Waals surface area contributed by atoms with Crippen LogP contribution in [0.25, 0.3) is 11.0 Å². The van der Waals surface area contributed by atoms with Crippen molar-refractivity contribution in [2.24, 2.45) is 0 Å². The monoisotopic (exact) mass is 537 g/mol. The molecule has 0 aliphatic carbocycles. The molecule has 37 heavy (non-hydrogen) atoms. The van der Waals surface area contributed by atoms with Gasteiger partial charge in [-0.15, -0.1) is 0 Å². The normalized spacial score (nSPS) is 14.4. The SMILES string of the molecule is CCOC(=O)C1CCOc2cc(Oc3ccc(C(=O)Nc4cnc5cc(Cl)ccc5n4)cc3)c(Cl)cc21. The topological polar surface area (TPSA) is 99.6 Å². The van der Waals surface area contributed by atoms with Gasteiger partial charge < -0.3 is 19.5 Å². The van der Waals surface area contributed by atoms with E-state index in [2.05, 4.69) is 15.3 Å². The number of carbonyl (C=O) groups is 2. The predicted octanol–water partition coefficient (Wildman–Crippen LogP) is 6.41. The van der Waals surface area contributed by atoms with Gasteiger partial charge >= 0.3 is 5.97 Å². The van der Waals surface area contributed by atoms with Gasteiger partial charge in [-0.3, -0.25) is 14.6 Å². The van der Waals surface area contributed by atoms with Crippen LogP contribution < -0.4 is 14.8 Å². The van der Waals surface area contributed by atoms with Gasteiger partial charge in [0.25, 0.3) is 5.91 Å². The first-order chi connectivity index (χ1) is 17.9. The first-order valence-corrected chi connectivity index (χ1v) is 12.3. The zero-order valence-corrected chi connectivity index (χ0v) is 21.2. The van der Waals surface area contributed by atoms with Crippen molar-refractivity contribution in [1.82, 2.24) is 9.97 Å². The van der Waals surface area contributed by atoms with Crippen molar-refractivity contribution in [3.05, 3.63) is 82.0 Å². The van der Waals surface area contributed by atoms with E-state index >= 15 is 0 Å². The summed E-state index contributed by atoms with van der Waals surface area (Å²) >= 11 is 12.4. The Morgan fingerprint density at radius 1 is 1.08 bits per heavy atom. The van der Waals surface area contributed by atoms with Crippen LogP contribution in [0, 0.1) is 0 Å². The molecule has 1 N–H and O–H groups in total. The lowest BCUT2D eigenvalue weighted by atomic mass is 9.93. The molecule has 0 saturated carbocycles. The highest BCUT2D eigenvalue weighted by Crippen LogP contribution is 2.42. The van der Waals surface area contributed by atoms with Crippen molar-refractivity contribution in [1.29, 1.82) is 0 Å².